The number of hydrogen-bond acceptors (Lipinski definition) is 5. The fourth-order valence-corrected chi connectivity index (χ4v) is 2.84. The fourth-order valence-electron chi connectivity index (χ4n) is 1.44. The number of para-hydroxylation sites is 1. The Morgan fingerprint density at radius 3 is 3.00 bits per heavy atom. The first-order valence-electron chi connectivity index (χ1n) is 4.88. The number of rotatable bonds is 3. The summed E-state index contributed by atoms with van der Waals surface area (Å²) in [4.78, 5) is 9.76. The normalized spacial score (nSPS) is 10.8. The molecule has 1 aromatic carbocycles. The van der Waals surface area contributed by atoms with E-state index in [0.717, 1.165) is 17.2 Å². The van der Waals surface area contributed by atoms with Gasteiger partial charge >= 0.3 is 0 Å². The van der Waals surface area contributed by atoms with Crippen LogP contribution in [0.4, 0.5) is 5.13 Å². The van der Waals surface area contributed by atoms with Gasteiger partial charge in [-0.2, -0.15) is 0 Å². The van der Waals surface area contributed by atoms with E-state index in [2.05, 4.69) is 21.4 Å². The van der Waals surface area contributed by atoms with Gasteiger partial charge in [-0.3, -0.25) is 4.98 Å². The average Bonchev–Trinajstić information content (AvgIpc) is 2.95. The van der Waals surface area contributed by atoms with Crippen LogP contribution in [0.25, 0.3) is 10.2 Å². The Labute approximate surface area is 101 Å². The second kappa shape index (κ2) is 4.19. The highest BCUT2D eigenvalue weighted by molar-refractivity contribution is 7.22. The third kappa shape index (κ3) is 1.91. The van der Waals surface area contributed by atoms with Crippen molar-refractivity contribution in [2.45, 2.75) is 6.54 Å². The lowest BCUT2D eigenvalue weighted by Crippen LogP contribution is -1.96. The zero-order valence-electron chi connectivity index (χ0n) is 8.38. The predicted octanol–water partition coefficient (Wildman–Crippen LogP) is 3.36. The molecule has 0 bridgehead atoms. The van der Waals surface area contributed by atoms with Crippen molar-refractivity contribution in [3.8, 4) is 0 Å². The van der Waals surface area contributed by atoms with Gasteiger partial charge < -0.3 is 5.32 Å². The van der Waals surface area contributed by atoms with E-state index in [9.17, 15) is 0 Å². The van der Waals surface area contributed by atoms with Gasteiger partial charge in [0.05, 0.1) is 22.3 Å². The Morgan fingerprint density at radius 1 is 1.25 bits per heavy atom. The molecule has 0 unspecified atom stereocenters. The first-order valence-corrected chi connectivity index (χ1v) is 6.58. The Kier molecular flexibility index (Phi) is 2.55. The van der Waals surface area contributed by atoms with E-state index in [1.807, 2.05) is 29.9 Å². The SMILES string of the molecule is c1ccc2sc(NCc3cncs3)nc2c1. The predicted molar refractivity (Wildman–Crippen MR) is 69.1 cm³/mol. The van der Waals surface area contributed by atoms with Gasteiger partial charge in [0.15, 0.2) is 5.13 Å². The van der Waals surface area contributed by atoms with Crippen LogP contribution in [0.15, 0.2) is 36.0 Å². The van der Waals surface area contributed by atoms with Gasteiger partial charge in [-0.05, 0) is 12.1 Å². The number of anilines is 1. The maximum absolute atomic E-state index is 4.50. The molecule has 2 aromatic heterocycles. The maximum Gasteiger partial charge on any atom is 0.184 e. The minimum atomic E-state index is 0.796. The molecule has 5 heteroatoms. The third-order valence-corrected chi connectivity index (χ3v) is 3.96. The molecule has 0 fully saturated rings. The van der Waals surface area contributed by atoms with Crippen LogP contribution in [0.1, 0.15) is 4.88 Å². The van der Waals surface area contributed by atoms with Crippen LogP contribution in [-0.2, 0) is 6.54 Å². The Balaban J connectivity index is 1.79. The number of benzene rings is 1. The molecule has 0 aliphatic rings. The summed E-state index contributed by atoms with van der Waals surface area (Å²) >= 11 is 3.33. The molecule has 3 aromatic rings. The summed E-state index contributed by atoms with van der Waals surface area (Å²) in [6.45, 7) is 0.796. The average molecular weight is 247 g/mol. The molecule has 3 nitrogen and oxygen atoms in total. The van der Waals surface area contributed by atoms with Crippen LogP contribution in [0.3, 0.4) is 0 Å². The zero-order chi connectivity index (χ0) is 10.8. The van der Waals surface area contributed by atoms with Crippen LogP contribution in [0, 0.1) is 0 Å². The highest BCUT2D eigenvalue weighted by atomic mass is 32.1. The van der Waals surface area contributed by atoms with E-state index in [0.29, 0.717) is 0 Å². The molecule has 3 rings (SSSR count). The Morgan fingerprint density at radius 2 is 2.19 bits per heavy atom. The van der Waals surface area contributed by atoms with Crippen LogP contribution in [0.2, 0.25) is 0 Å². The maximum atomic E-state index is 4.50. The zero-order valence-corrected chi connectivity index (χ0v) is 10.0. The standard InChI is InChI=1S/C11H9N3S2/c1-2-4-10-9(3-1)14-11(16-10)13-6-8-5-12-7-15-8/h1-5,7H,6H2,(H,13,14). The first-order chi connectivity index (χ1) is 7.92. The van der Waals surface area contributed by atoms with Crippen molar-refractivity contribution in [2.24, 2.45) is 0 Å². The molecular formula is C11H9N3S2. The largest absolute Gasteiger partial charge is 0.357 e. The van der Waals surface area contributed by atoms with Gasteiger partial charge in [0.1, 0.15) is 0 Å². The quantitative estimate of drug-likeness (QED) is 0.771. The molecule has 0 saturated carbocycles. The van der Waals surface area contributed by atoms with Gasteiger partial charge in [-0.25, -0.2) is 4.98 Å². The topological polar surface area (TPSA) is 37.8 Å². The lowest BCUT2D eigenvalue weighted by molar-refractivity contribution is 1.16. The smallest absolute Gasteiger partial charge is 0.184 e. The van der Waals surface area contributed by atoms with Crippen LogP contribution < -0.4 is 5.32 Å². The Bertz CT molecular complexity index is 553. The van der Waals surface area contributed by atoms with E-state index < -0.39 is 0 Å². The van der Waals surface area contributed by atoms with E-state index in [4.69, 9.17) is 0 Å². The first kappa shape index (κ1) is 9.74. The number of nitrogens with zero attached hydrogens (tertiary/aromatic N) is 2. The van der Waals surface area contributed by atoms with Gasteiger partial charge in [-0.1, -0.05) is 23.5 Å². The number of thiazole rings is 2. The number of hydrogen-bond donors (Lipinski definition) is 1. The summed E-state index contributed by atoms with van der Waals surface area (Å²) in [7, 11) is 0. The second-order valence-electron chi connectivity index (χ2n) is 3.31. The van der Waals surface area contributed by atoms with Crippen molar-refractivity contribution >= 4 is 38.0 Å². The van der Waals surface area contributed by atoms with Crippen molar-refractivity contribution in [1.82, 2.24) is 9.97 Å². The number of nitrogens with one attached hydrogen (secondary N) is 1. The summed E-state index contributed by atoms with van der Waals surface area (Å²) < 4.78 is 1.22. The molecule has 0 saturated heterocycles. The summed E-state index contributed by atoms with van der Waals surface area (Å²) in [5.74, 6) is 0. The highest BCUT2D eigenvalue weighted by Crippen LogP contribution is 2.25. The van der Waals surface area contributed by atoms with E-state index >= 15 is 0 Å². The van der Waals surface area contributed by atoms with E-state index in [1.54, 1.807) is 22.7 Å². The van der Waals surface area contributed by atoms with Crippen LogP contribution in [0.5, 0.6) is 0 Å². The fraction of sp³-hybridized carbons (Fsp3) is 0.0909. The van der Waals surface area contributed by atoms with Crippen LogP contribution >= 0.6 is 22.7 Å². The summed E-state index contributed by atoms with van der Waals surface area (Å²) in [6.07, 6.45) is 1.88. The number of fused-ring (bicyclic) bond motifs is 1. The van der Waals surface area contributed by atoms with Gasteiger partial charge in [0.25, 0.3) is 0 Å². The lowest BCUT2D eigenvalue weighted by atomic mass is 10.3. The third-order valence-electron chi connectivity index (χ3n) is 2.19. The number of aromatic nitrogens is 2. The second-order valence-corrected chi connectivity index (χ2v) is 5.31. The van der Waals surface area contributed by atoms with Crippen molar-refractivity contribution in [2.75, 3.05) is 5.32 Å². The lowest BCUT2D eigenvalue weighted by Gasteiger charge is -1.97. The molecule has 80 valence electrons. The molecule has 0 amide bonds. The molecule has 2 heterocycles. The molecular weight excluding hydrogens is 238 g/mol. The molecule has 0 aliphatic carbocycles. The molecule has 0 radical (unpaired) electrons. The van der Waals surface area contributed by atoms with E-state index in [-0.39, 0.29) is 0 Å². The minimum absolute atomic E-state index is 0.796. The monoisotopic (exact) mass is 247 g/mol. The minimum Gasteiger partial charge on any atom is -0.357 e. The Hall–Kier alpha value is -1.46. The molecule has 0 spiro atoms. The van der Waals surface area contributed by atoms with Crippen LogP contribution in [-0.4, -0.2) is 9.97 Å². The van der Waals surface area contributed by atoms with Gasteiger partial charge in [-0.15, -0.1) is 11.3 Å². The van der Waals surface area contributed by atoms with E-state index in [1.165, 1.54) is 9.58 Å². The van der Waals surface area contributed by atoms with Gasteiger partial charge in [0, 0.05) is 11.1 Å². The molecule has 16 heavy (non-hydrogen) atoms. The summed E-state index contributed by atoms with van der Waals surface area (Å²) in [5.41, 5.74) is 2.90. The summed E-state index contributed by atoms with van der Waals surface area (Å²) in [6, 6.07) is 8.16. The van der Waals surface area contributed by atoms with Crippen molar-refractivity contribution in [3.63, 3.8) is 0 Å². The molecule has 0 atom stereocenters. The van der Waals surface area contributed by atoms with Crippen molar-refractivity contribution < 1.29 is 0 Å². The molecule has 0 aliphatic heterocycles. The molecule has 1 N–H and O–H groups in total. The van der Waals surface area contributed by atoms with Gasteiger partial charge in [0.2, 0.25) is 0 Å². The van der Waals surface area contributed by atoms with Crippen molar-refractivity contribution in [1.29, 1.82) is 0 Å². The highest BCUT2D eigenvalue weighted by Gasteiger charge is 2.02. The summed E-state index contributed by atoms with van der Waals surface area (Å²) in [5, 5.41) is 4.28. The van der Waals surface area contributed by atoms with Crippen molar-refractivity contribution in [3.05, 3.63) is 40.8 Å².